The van der Waals surface area contributed by atoms with Gasteiger partial charge in [0.2, 0.25) is 0 Å². The molecular weight excluding hydrogens is 314 g/mol. The maximum atomic E-state index is 12.0. The number of hydrazone groups is 1. The zero-order valence-electron chi connectivity index (χ0n) is 13.5. The number of amides is 1. The monoisotopic (exact) mass is 331 g/mol. The van der Waals surface area contributed by atoms with Crippen LogP contribution in [0.1, 0.15) is 11.1 Å². The van der Waals surface area contributed by atoms with Crippen molar-refractivity contribution in [2.24, 2.45) is 5.10 Å². The van der Waals surface area contributed by atoms with E-state index in [1.165, 1.54) is 0 Å². The van der Waals surface area contributed by atoms with E-state index in [9.17, 15) is 4.79 Å². The number of rotatable bonds is 6. The Balaban J connectivity index is 1.72. The molecule has 0 saturated carbocycles. The van der Waals surface area contributed by atoms with E-state index in [1.807, 2.05) is 60.7 Å². The van der Waals surface area contributed by atoms with Crippen molar-refractivity contribution in [2.75, 3.05) is 6.61 Å². The normalized spacial score (nSPS) is 11.0. The summed E-state index contributed by atoms with van der Waals surface area (Å²) in [5.74, 6) is 0.304. The number of hydrogen-bond donors (Lipinski definition) is 1. The van der Waals surface area contributed by atoms with E-state index < -0.39 is 0 Å². The Bertz CT molecular complexity index is 793. The summed E-state index contributed by atoms with van der Waals surface area (Å²) in [6.45, 7) is -0.109. The lowest BCUT2D eigenvalue weighted by molar-refractivity contribution is -0.123. The van der Waals surface area contributed by atoms with Crippen LogP contribution >= 0.6 is 0 Å². The fourth-order valence-corrected chi connectivity index (χ4v) is 2.21. The molecule has 3 rings (SSSR count). The van der Waals surface area contributed by atoms with Crippen molar-refractivity contribution in [2.45, 2.75) is 0 Å². The molecule has 124 valence electrons. The smallest absolute Gasteiger partial charge is 0.277 e. The highest BCUT2D eigenvalue weighted by Gasteiger charge is 2.08. The first-order chi connectivity index (χ1) is 12.3. The molecule has 0 radical (unpaired) electrons. The van der Waals surface area contributed by atoms with Gasteiger partial charge in [-0.3, -0.25) is 9.78 Å². The number of nitrogens with one attached hydrogen (secondary N) is 1. The number of para-hydroxylation sites is 1. The van der Waals surface area contributed by atoms with Crippen LogP contribution in [0.5, 0.6) is 5.75 Å². The van der Waals surface area contributed by atoms with Crippen molar-refractivity contribution in [3.8, 4) is 5.75 Å². The molecule has 0 unspecified atom stereocenters. The van der Waals surface area contributed by atoms with Gasteiger partial charge in [0, 0.05) is 23.5 Å². The number of hydrogen-bond acceptors (Lipinski definition) is 4. The third kappa shape index (κ3) is 4.75. The molecule has 1 N–H and O–H groups in total. The second-order valence-corrected chi connectivity index (χ2v) is 5.20. The van der Waals surface area contributed by atoms with Crippen molar-refractivity contribution in [3.05, 3.63) is 96.3 Å². The van der Waals surface area contributed by atoms with Gasteiger partial charge in [0.15, 0.2) is 6.61 Å². The fourth-order valence-electron chi connectivity index (χ4n) is 2.21. The maximum Gasteiger partial charge on any atom is 0.277 e. The molecule has 5 nitrogen and oxygen atoms in total. The van der Waals surface area contributed by atoms with Gasteiger partial charge in [0.1, 0.15) is 5.75 Å². The van der Waals surface area contributed by atoms with Crippen LogP contribution in [0.2, 0.25) is 0 Å². The van der Waals surface area contributed by atoms with Gasteiger partial charge in [-0.2, -0.15) is 5.10 Å². The Morgan fingerprint density at radius 3 is 2.28 bits per heavy atom. The van der Waals surface area contributed by atoms with Crippen LogP contribution in [0, 0.1) is 0 Å². The van der Waals surface area contributed by atoms with E-state index >= 15 is 0 Å². The zero-order valence-corrected chi connectivity index (χ0v) is 13.5. The number of aromatic nitrogens is 1. The molecule has 0 atom stereocenters. The van der Waals surface area contributed by atoms with E-state index in [4.69, 9.17) is 4.74 Å². The van der Waals surface area contributed by atoms with Crippen molar-refractivity contribution in [1.29, 1.82) is 0 Å². The maximum absolute atomic E-state index is 12.0. The number of carbonyl (C=O) groups is 1. The van der Waals surface area contributed by atoms with Crippen LogP contribution in [0.25, 0.3) is 0 Å². The summed E-state index contributed by atoms with van der Waals surface area (Å²) in [7, 11) is 0. The average molecular weight is 331 g/mol. The van der Waals surface area contributed by atoms with E-state index in [0.29, 0.717) is 11.5 Å². The predicted molar refractivity (Wildman–Crippen MR) is 96.4 cm³/mol. The number of benzene rings is 2. The average Bonchev–Trinajstić information content (AvgIpc) is 2.69. The molecule has 2 aromatic carbocycles. The van der Waals surface area contributed by atoms with Crippen molar-refractivity contribution < 1.29 is 9.53 Å². The highest BCUT2D eigenvalue weighted by atomic mass is 16.5. The first-order valence-electron chi connectivity index (χ1n) is 7.83. The summed E-state index contributed by atoms with van der Waals surface area (Å²) in [4.78, 5) is 16.1. The van der Waals surface area contributed by atoms with E-state index in [2.05, 4.69) is 15.5 Å². The van der Waals surface area contributed by atoms with E-state index in [0.717, 1.165) is 11.1 Å². The van der Waals surface area contributed by atoms with Crippen LogP contribution in [0.15, 0.2) is 90.3 Å². The first-order valence-corrected chi connectivity index (χ1v) is 7.83. The first kappa shape index (κ1) is 16.4. The van der Waals surface area contributed by atoms with Gasteiger partial charge >= 0.3 is 0 Å². The Morgan fingerprint density at radius 1 is 0.920 bits per heavy atom. The summed E-state index contributed by atoms with van der Waals surface area (Å²) in [5.41, 5.74) is 4.89. The second kappa shape index (κ2) is 8.40. The summed E-state index contributed by atoms with van der Waals surface area (Å²) in [6, 6.07) is 22.5. The molecule has 3 aromatic rings. The van der Waals surface area contributed by atoms with Crippen LogP contribution < -0.4 is 10.2 Å². The lowest BCUT2D eigenvalue weighted by Gasteiger charge is -2.08. The predicted octanol–water partition coefficient (Wildman–Crippen LogP) is 3.03. The molecule has 0 bridgehead atoms. The number of nitrogens with zero attached hydrogens (tertiary/aromatic N) is 2. The van der Waals surface area contributed by atoms with Gasteiger partial charge in [-0.05, 0) is 24.3 Å². The highest BCUT2D eigenvalue weighted by molar-refractivity contribution is 6.12. The van der Waals surface area contributed by atoms with Crippen LogP contribution in [0.3, 0.4) is 0 Å². The highest BCUT2D eigenvalue weighted by Crippen LogP contribution is 2.10. The lowest BCUT2D eigenvalue weighted by Crippen LogP contribution is -2.26. The minimum absolute atomic E-state index is 0.109. The Kier molecular flexibility index (Phi) is 5.51. The Labute approximate surface area is 146 Å². The molecule has 0 aliphatic heterocycles. The SMILES string of the molecule is O=C(COc1ccccc1)N/N=C(\c1ccccc1)c1cccnc1. The number of ether oxygens (including phenoxy) is 1. The Morgan fingerprint density at radius 2 is 1.60 bits per heavy atom. The minimum atomic E-state index is -0.332. The molecule has 25 heavy (non-hydrogen) atoms. The second-order valence-electron chi connectivity index (χ2n) is 5.20. The van der Waals surface area contributed by atoms with Gasteiger partial charge in [-0.15, -0.1) is 0 Å². The molecule has 0 spiro atoms. The molecule has 1 heterocycles. The van der Waals surface area contributed by atoms with Gasteiger partial charge < -0.3 is 4.74 Å². The minimum Gasteiger partial charge on any atom is -0.484 e. The molecule has 0 aliphatic rings. The summed E-state index contributed by atoms with van der Waals surface area (Å²) < 4.78 is 5.42. The van der Waals surface area contributed by atoms with Gasteiger partial charge in [0.05, 0.1) is 5.71 Å². The molecule has 1 amide bonds. The van der Waals surface area contributed by atoms with E-state index in [-0.39, 0.29) is 12.5 Å². The van der Waals surface area contributed by atoms with Crippen LogP contribution in [-0.4, -0.2) is 23.2 Å². The molecular formula is C20H17N3O2. The standard InChI is InChI=1S/C20H17N3O2/c24-19(15-25-18-11-5-2-6-12-18)22-23-20(16-8-3-1-4-9-16)17-10-7-13-21-14-17/h1-14H,15H2,(H,22,24)/b23-20+. The summed E-state index contributed by atoms with van der Waals surface area (Å²) in [5, 5.41) is 4.27. The van der Waals surface area contributed by atoms with Crippen molar-refractivity contribution >= 4 is 11.6 Å². The fraction of sp³-hybridized carbons (Fsp3) is 0.0500. The van der Waals surface area contributed by atoms with Crippen LogP contribution in [-0.2, 0) is 4.79 Å². The van der Waals surface area contributed by atoms with E-state index in [1.54, 1.807) is 24.5 Å². The Hall–Kier alpha value is -3.47. The quantitative estimate of drug-likeness (QED) is 0.558. The topological polar surface area (TPSA) is 63.6 Å². The van der Waals surface area contributed by atoms with Crippen molar-refractivity contribution in [3.63, 3.8) is 0 Å². The third-order valence-electron chi connectivity index (χ3n) is 3.39. The third-order valence-corrected chi connectivity index (χ3v) is 3.39. The molecule has 5 heteroatoms. The van der Waals surface area contributed by atoms with Gasteiger partial charge in [-0.1, -0.05) is 48.5 Å². The molecule has 0 fully saturated rings. The van der Waals surface area contributed by atoms with Crippen LogP contribution in [0.4, 0.5) is 0 Å². The molecule has 0 aliphatic carbocycles. The summed E-state index contributed by atoms with van der Waals surface area (Å²) in [6.07, 6.45) is 3.40. The number of pyridine rings is 1. The largest absolute Gasteiger partial charge is 0.484 e. The lowest BCUT2D eigenvalue weighted by atomic mass is 10.0. The van der Waals surface area contributed by atoms with Gasteiger partial charge in [0.25, 0.3) is 5.91 Å². The zero-order chi connectivity index (χ0) is 17.3. The molecule has 1 aromatic heterocycles. The van der Waals surface area contributed by atoms with Crippen molar-refractivity contribution in [1.82, 2.24) is 10.4 Å². The number of carbonyl (C=O) groups excluding carboxylic acids is 1. The molecule has 0 saturated heterocycles. The summed E-state index contributed by atoms with van der Waals surface area (Å²) >= 11 is 0. The van der Waals surface area contributed by atoms with Gasteiger partial charge in [-0.25, -0.2) is 5.43 Å².